The predicted octanol–water partition coefficient (Wildman–Crippen LogP) is 2.72. The number of ether oxygens (including phenoxy) is 3. The van der Waals surface area contributed by atoms with E-state index in [9.17, 15) is 9.59 Å². The summed E-state index contributed by atoms with van der Waals surface area (Å²) in [5.74, 6) is 0.512. The first-order valence-corrected chi connectivity index (χ1v) is 8.80. The van der Waals surface area contributed by atoms with Gasteiger partial charge in [-0.25, -0.2) is 0 Å². The maximum Gasteiger partial charge on any atom is 0.310 e. The van der Waals surface area contributed by atoms with Gasteiger partial charge in [0.2, 0.25) is 0 Å². The number of methoxy groups -OCH3 is 1. The van der Waals surface area contributed by atoms with Gasteiger partial charge in [-0.05, 0) is 24.3 Å². The highest BCUT2D eigenvalue weighted by Gasteiger charge is 2.13. The van der Waals surface area contributed by atoms with Gasteiger partial charge in [-0.2, -0.15) is 0 Å². The SMILES string of the molecule is COc1ccc2c(CC(=O)OCC(=O)NCCOc3ccccc3)coc2c1. The standard InChI is InChI=1S/C21H21NO6/c1-25-17-7-8-18-15(13-27-19(18)12-17)11-21(24)28-14-20(23)22-9-10-26-16-5-3-2-4-6-16/h2-8,12-13H,9-11,14H2,1H3,(H,22,23). The molecule has 0 aliphatic carbocycles. The summed E-state index contributed by atoms with van der Waals surface area (Å²) in [6, 6.07) is 14.7. The molecule has 0 radical (unpaired) electrons. The molecular formula is C21H21NO6. The highest BCUT2D eigenvalue weighted by Crippen LogP contribution is 2.26. The Balaban J connectivity index is 1.38. The maximum atomic E-state index is 12.0. The third kappa shape index (κ3) is 5.26. The van der Waals surface area contributed by atoms with Crippen LogP contribution in [0.25, 0.3) is 11.0 Å². The van der Waals surface area contributed by atoms with Crippen LogP contribution in [0.2, 0.25) is 0 Å². The molecule has 146 valence electrons. The average Bonchev–Trinajstić information content (AvgIpc) is 3.12. The lowest BCUT2D eigenvalue weighted by Gasteiger charge is -2.08. The van der Waals surface area contributed by atoms with Gasteiger partial charge in [0.1, 0.15) is 23.7 Å². The molecule has 0 saturated heterocycles. The number of carbonyl (C=O) groups is 2. The average molecular weight is 383 g/mol. The van der Waals surface area contributed by atoms with E-state index < -0.39 is 5.97 Å². The van der Waals surface area contributed by atoms with E-state index in [1.165, 1.54) is 6.26 Å². The summed E-state index contributed by atoms with van der Waals surface area (Å²) in [7, 11) is 1.57. The first-order valence-electron chi connectivity index (χ1n) is 8.80. The number of furan rings is 1. The zero-order chi connectivity index (χ0) is 19.8. The lowest BCUT2D eigenvalue weighted by atomic mass is 10.1. The van der Waals surface area contributed by atoms with E-state index in [1.54, 1.807) is 19.2 Å². The molecule has 1 amide bonds. The second-order valence-electron chi connectivity index (χ2n) is 5.97. The largest absolute Gasteiger partial charge is 0.497 e. The van der Waals surface area contributed by atoms with E-state index in [-0.39, 0.29) is 18.9 Å². The number of hydrogen-bond donors (Lipinski definition) is 1. The number of fused-ring (bicyclic) bond motifs is 1. The summed E-state index contributed by atoms with van der Waals surface area (Å²) in [4.78, 5) is 23.8. The summed E-state index contributed by atoms with van der Waals surface area (Å²) in [5, 5.41) is 3.44. The Labute approximate surface area is 162 Å². The van der Waals surface area contributed by atoms with Gasteiger partial charge in [0.05, 0.1) is 26.3 Å². The van der Waals surface area contributed by atoms with Crippen molar-refractivity contribution >= 4 is 22.8 Å². The number of rotatable bonds is 9. The van der Waals surface area contributed by atoms with E-state index in [1.807, 2.05) is 36.4 Å². The molecule has 3 aromatic rings. The number of benzene rings is 2. The zero-order valence-electron chi connectivity index (χ0n) is 15.5. The molecular weight excluding hydrogens is 362 g/mol. The van der Waals surface area contributed by atoms with Gasteiger partial charge in [-0.3, -0.25) is 9.59 Å². The minimum Gasteiger partial charge on any atom is -0.497 e. The minimum atomic E-state index is -0.505. The van der Waals surface area contributed by atoms with Crippen LogP contribution in [0.1, 0.15) is 5.56 Å². The molecule has 28 heavy (non-hydrogen) atoms. The van der Waals surface area contributed by atoms with Crippen molar-refractivity contribution in [2.45, 2.75) is 6.42 Å². The number of amides is 1. The Kier molecular flexibility index (Phi) is 6.51. The summed E-state index contributed by atoms with van der Waals surface area (Å²) in [6.45, 7) is 0.307. The van der Waals surface area contributed by atoms with Gasteiger partial charge >= 0.3 is 5.97 Å². The normalized spacial score (nSPS) is 10.5. The first-order chi connectivity index (χ1) is 13.7. The lowest BCUT2D eigenvalue weighted by molar-refractivity contribution is -0.147. The lowest BCUT2D eigenvalue weighted by Crippen LogP contribution is -2.32. The van der Waals surface area contributed by atoms with E-state index >= 15 is 0 Å². The van der Waals surface area contributed by atoms with Gasteiger partial charge in [-0.15, -0.1) is 0 Å². The Bertz CT molecular complexity index is 934. The van der Waals surface area contributed by atoms with Crippen LogP contribution in [0, 0.1) is 0 Å². The molecule has 0 spiro atoms. The van der Waals surface area contributed by atoms with Gasteiger partial charge in [-0.1, -0.05) is 18.2 Å². The number of esters is 1. The Hall–Kier alpha value is -3.48. The van der Waals surface area contributed by atoms with E-state index in [4.69, 9.17) is 18.6 Å². The summed E-state index contributed by atoms with van der Waals surface area (Å²) >= 11 is 0. The Morgan fingerprint density at radius 3 is 2.68 bits per heavy atom. The smallest absolute Gasteiger partial charge is 0.310 e. The molecule has 0 unspecified atom stereocenters. The van der Waals surface area contributed by atoms with Crippen molar-refractivity contribution in [2.75, 3.05) is 26.9 Å². The van der Waals surface area contributed by atoms with E-state index in [0.29, 0.717) is 30.0 Å². The molecule has 1 heterocycles. The molecule has 0 atom stereocenters. The van der Waals surface area contributed by atoms with E-state index in [0.717, 1.165) is 11.1 Å². The summed E-state index contributed by atoms with van der Waals surface area (Å²) < 4.78 is 21.1. The third-order valence-electron chi connectivity index (χ3n) is 4.00. The van der Waals surface area contributed by atoms with Gasteiger partial charge in [0, 0.05) is 17.0 Å². The molecule has 0 aliphatic heterocycles. The molecule has 0 aliphatic rings. The number of carbonyl (C=O) groups excluding carboxylic acids is 2. The van der Waals surface area contributed by atoms with Crippen LogP contribution in [0.5, 0.6) is 11.5 Å². The third-order valence-corrected chi connectivity index (χ3v) is 4.00. The van der Waals surface area contributed by atoms with Crippen LogP contribution in [0.15, 0.2) is 59.2 Å². The summed E-state index contributed by atoms with van der Waals surface area (Å²) in [6.07, 6.45) is 1.52. The van der Waals surface area contributed by atoms with Crippen LogP contribution in [0.4, 0.5) is 0 Å². The van der Waals surface area contributed by atoms with Crippen molar-refractivity contribution < 1.29 is 28.2 Å². The van der Waals surface area contributed by atoms with Crippen LogP contribution in [-0.4, -0.2) is 38.7 Å². The molecule has 0 bridgehead atoms. The first kappa shape index (κ1) is 19.3. The summed E-state index contributed by atoms with van der Waals surface area (Å²) in [5.41, 5.74) is 1.32. The van der Waals surface area contributed by atoms with Crippen molar-refractivity contribution in [1.29, 1.82) is 0 Å². The Morgan fingerprint density at radius 2 is 1.89 bits per heavy atom. The predicted molar refractivity (Wildman–Crippen MR) is 102 cm³/mol. The molecule has 1 N–H and O–H groups in total. The molecule has 0 saturated carbocycles. The van der Waals surface area contributed by atoms with Crippen molar-refractivity contribution in [3.63, 3.8) is 0 Å². The highest BCUT2D eigenvalue weighted by atomic mass is 16.5. The van der Waals surface area contributed by atoms with Crippen LogP contribution < -0.4 is 14.8 Å². The molecule has 2 aromatic carbocycles. The van der Waals surface area contributed by atoms with Gasteiger partial charge in [0.25, 0.3) is 5.91 Å². The van der Waals surface area contributed by atoms with Crippen LogP contribution in [0.3, 0.4) is 0 Å². The topological polar surface area (TPSA) is 87.0 Å². The quantitative estimate of drug-likeness (QED) is 0.452. The van der Waals surface area contributed by atoms with Crippen LogP contribution in [-0.2, 0) is 20.7 Å². The maximum absolute atomic E-state index is 12.0. The second kappa shape index (κ2) is 9.45. The number of nitrogens with one attached hydrogen (secondary N) is 1. The van der Waals surface area contributed by atoms with Gasteiger partial charge in [0.15, 0.2) is 6.61 Å². The van der Waals surface area contributed by atoms with Crippen molar-refractivity contribution in [3.05, 3.63) is 60.4 Å². The van der Waals surface area contributed by atoms with E-state index in [2.05, 4.69) is 5.32 Å². The van der Waals surface area contributed by atoms with Crippen molar-refractivity contribution in [1.82, 2.24) is 5.32 Å². The Morgan fingerprint density at radius 1 is 1.07 bits per heavy atom. The van der Waals surface area contributed by atoms with Crippen LogP contribution >= 0.6 is 0 Å². The zero-order valence-corrected chi connectivity index (χ0v) is 15.5. The minimum absolute atomic E-state index is 0.0176. The fourth-order valence-corrected chi connectivity index (χ4v) is 2.61. The number of hydrogen-bond acceptors (Lipinski definition) is 6. The molecule has 7 heteroatoms. The molecule has 0 fully saturated rings. The second-order valence-corrected chi connectivity index (χ2v) is 5.97. The fourth-order valence-electron chi connectivity index (χ4n) is 2.61. The number of para-hydroxylation sites is 1. The molecule has 1 aromatic heterocycles. The van der Waals surface area contributed by atoms with Crippen molar-refractivity contribution in [2.24, 2.45) is 0 Å². The fraction of sp³-hybridized carbons (Fsp3) is 0.238. The monoisotopic (exact) mass is 383 g/mol. The highest BCUT2D eigenvalue weighted by molar-refractivity contribution is 5.87. The van der Waals surface area contributed by atoms with Gasteiger partial charge < -0.3 is 23.9 Å². The van der Waals surface area contributed by atoms with Crippen molar-refractivity contribution in [3.8, 4) is 11.5 Å². The molecule has 3 rings (SSSR count). The molecule has 7 nitrogen and oxygen atoms in total.